The van der Waals surface area contributed by atoms with Crippen LogP contribution in [0.25, 0.3) is 0 Å². The van der Waals surface area contributed by atoms with Crippen LogP contribution in [0.3, 0.4) is 0 Å². The lowest BCUT2D eigenvalue weighted by Gasteiger charge is -2.44. The van der Waals surface area contributed by atoms with Crippen molar-refractivity contribution in [3.8, 4) is 0 Å². The molecule has 0 radical (unpaired) electrons. The summed E-state index contributed by atoms with van der Waals surface area (Å²) < 4.78 is 23.2. The quantitative estimate of drug-likeness (QED) is 0.315. The van der Waals surface area contributed by atoms with E-state index in [0.29, 0.717) is 29.2 Å². The van der Waals surface area contributed by atoms with Gasteiger partial charge in [0.2, 0.25) is 0 Å². The molecule has 4 aliphatic heterocycles. The number of aliphatic hydroxyl groups is 1. The average molecular weight is 538 g/mol. The molecule has 2 bridgehead atoms. The Morgan fingerprint density at radius 1 is 1.05 bits per heavy atom. The smallest absolute Gasteiger partial charge is 0.303 e. The van der Waals surface area contributed by atoms with Gasteiger partial charge in [0.15, 0.2) is 12.4 Å². The van der Waals surface area contributed by atoms with Crippen LogP contribution in [-0.4, -0.2) is 89.6 Å². The third-order valence-electron chi connectivity index (χ3n) is 6.24. The minimum atomic E-state index is -0.830. The molecule has 4 heterocycles. The van der Waals surface area contributed by atoms with E-state index in [4.69, 9.17) is 24.1 Å². The van der Waals surface area contributed by atoms with Crippen molar-refractivity contribution in [2.24, 2.45) is 5.92 Å². The summed E-state index contributed by atoms with van der Waals surface area (Å²) in [4.78, 5) is 50.0. The second-order valence-electron chi connectivity index (χ2n) is 8.92. The molecule has 3 fully saturated rings. The zero-order valence-corrected chi connectivity index (χ0v) is 22.2. The number of imide groups is 1. The van der Waals surface area contributed by atoms with Gasteiger partial charge in [-0.05, 0) is 31.9 Å². The molecule has 0 saturated carbocycles. The van der Waals surface area contributed by atoms with Crippen molar-refractivity contribution in [1.29, 1.82) is 0 Å². The van der Waals surface area contributed by atoms with E-state index in [9.17, 15) is 19.2 Å². The predicted octanol–water partition coefficient (Wildman–Crippen LogP) is 2.42. The number of thioether (sulfide) groups is 1. The highest BCUT2D eigenvalue weighted by atomic mass is 32.2. The van der Waals surface area contributed by atoms with E-state index in [0.717, 1.165) is 19.3 Å². The lowest BCUT2D eigenvalue weighted by Crippen LogP contribution is -2.58. The Kier molecular flexibility index (Phi) is 10.9. The minimum Gasteiger partial charge on any atom is -0.458 e. The van der Waals surface area contributed by atoms with Crippen LogP contribution in [-0.2, 0) is 28.5 Å². The van der Waals surface area contributed by atoms with Crippen molar-refractivity contribution in [2.75, 3.05) is 31.3 Å². The summed E-state index contributed by atoms with van der Waals surface area (Å²) in [6.45, 7) is 5.32. The Labute approximate surface area is 220 Å². The van der Waals surface area contributed by atoms with Crippen molar-refractivity contribution < 1.29 is 43.2 Å². The number of benzene rings is 1. The largest absolute Gasteiger partial charge is 0.458 e. The summed E-state index contributed by atoms with van der Waals surface area (Å²) >= 11 is 1.55. The van der Waals surface area contributed by atoms with Gasteiger partial charge in [-0.2, -0.15) is 11.8 Å². The highest BCUT2D eigenvalue weighted by Crippen LogP contribution is 2.37. The van der Waals surface area contributed by atoms with Gasteiger partial charge in [-0.15, -0.1) is 0 Å². The molecule has 204 valence electrons. The van der Waals surface area contributed by atoms with Crippen LogP contribution in [0.4, 0.5) is 0 Å². The maximum atomic E-state index is 12.6. The molecule has 5 rings (SSSR count). The van der Waals surface area contributed by atoms with Gasteiger partial charge in [0, 0.05) is 51.0 Å². The number of hydrogen-bond acceptors (Lipinski definition) is 10. The van der Waals surface area contributed by atoms with Gasteiger partial charge >= 0.3 is 11.9 Å². The summed E-state index contributed by atoms with van der Waals surface area (Å²) in [7, 11) is 0. The van der Waals surface area contributed by atoms with E-state index in [1.165, 1.54) is 18.7 Å². The molecule has 1 aromatic rings. The molecule has 0 aliphatic carbocycles. The zero-order valence-electron chi connectivity index (χ0n) is 21.4. The Morgan fingerprint density at radius 2 is 1.65 bits per heavy atom. The van der Waals surface area contributed by atoms with Gasteiger partial charge in [-0.25, -0.2) is 0 Å². The van der Waals surface area contributed by atoms with E-state index in [-0.39, 0.29) is 37.0 Å². The van der Waals surface area contributed by atoms with Gasteiger partial charge in [-0.3, -0.25) is 24.1 Å². The lowest BCUT2D eigenvalue weighted by molar-refractivity contribution is -0.285. The Balaban J connectivity index is 0.00000121. The van der Waals surface area contributed by atoms with Gasteiger partial charge in [0.1, 0.15) is 6.10 Å². The summed E-state index contributed by atoms with van der Waals surface area (Å²) in [5, 5.41) is 7.57. The first-order chi connectivity index (χ1) is 17.8. The van der Waals surface area contributed by atoms with Crippen LogP contribution in [0.5, 0.6) is 0 Å². The van der Waals surface area contributed by atoms with E-state index < -0.39 is 30.4 Å². The van der Waals surface area contributed by atoms with Gasteiger partial charge in [-0.1, -0.05) is 18.6 Å². The Bertz CT molecular complexity index is 936. The van der Waals surface area contributed by atoms with Crippen molar-refractivity contribution in [3.63, 3.8) is 0 Å². The third-order valence-corrected chi connectivity index (χ3v) is 7.27. The molecule has 3 saturated heterocycles. The van der Waals surface area contributed by atoms with Crippen LogP contribution < -0.4 is 0 Å². The van der Waals surface area contributed by atoms with E-state index in [1.54, 1.807) is 43.0 Å². The number of carbonyl (C=O) groups excluding carboxylic acids is 4. The summed E-state index contributed by atoms with van der Waals surface area (Å²) in [6, 6.07) is 6.83. The van der Waals surface area contributed by atoms with Crippen molar-refractivity contribution in [1.82, 2.24) is 4.90 Å². The first-order valence-electron chi connectivity index (χ1n) is 12.5. The molecule has 11 heteroatoms. The fourth-order valence-corrected chi connectivity index (χ4v) is 5.78. The number of carbonyl (C=O) groups is 4. The topological polar surface area (TPSA) is 129 Å². The molecular weight excluding hydrogens is 502 g/mol. The predicted molar refractivity (Wildman–Crippen MR) is 135 cm³/mol. The van der Waals surface area contributed by atoms with E-state index in [1.807, 2.05) is 0 Å². The molecule has 0 spiro atoms. The molecule has 5 unspecified atom stereocenters. The zero-order chi connectivity index (χ0) is 26.9. The first kappa shape index (κ1) is 29.1. The average Bonchev–Trinajstić information content (AvgIpc) is 3.17. The highest BCUT2D eigenvalue weighted by molar-refractivity contribution is 7.99. The number of aliphatic hydroxyl groups excluding tert-OH is 1. The number of esters is 2. The maximum absolute atomic E-state index is 12.6. The molecule has 37 heavy (non-hydrogen) atoms. The standard InChI is InChI=1S/C24H29NO8S.C2H6O/c1-14(26)31-20-18-9-5-6-11-30-24(21(20)32-15(2)27)33-19(18)13-34-12-10-25-22(28)16-7-3-4-8-17(16)23(25)29;1-2-3/h3-4,7-8,18-21,24H,5-6,9-13H2,1-2H3;3H,2H2,1H3. The summed E-state index contributed by atoms with van der Waals surface area (Å²) in [5.74, 6) is -0.570. The highest BCUT2D eigenvalue weighted by Gasteiger charge is 2.50. The van der Waals surface area contributed by atoms with Crippen molar-refractivity contribution >= 4 is 35.5 Å². The number of ether oxygens (including phenoxy) is 4. The second-order valence-corrected chi connectivity index (χ2v) is 10.1. The molecule has 1 aromatic carbocycles. The fourth-order valence-electron chi connectivity index (χ4n) is 4.75. The maximum Gasteiger partial charge on any atom is 0.303 e. The summed E-state index contributed by atoms with van der Waals surface area (Å²) in [5.41, 5.74) is 0.875. The Hall–Kier alpha value is -2.47. The fraction of sp³-hybridized carbons (Fsp3) is 0.615. The number of rotatable bonds is 7. The molecular formula is C26H35NO9S. The number of hydrogen-bond donors (Lipinski definition) is 1. The monoisotopic (exact) mass is 537 g/mol. The van der Waals surface area contributed by atoms with Crippen molar-refractivity contribution in [3.05, 3.63) is 35.4 Å². The van der Waals surface area contributed by atoms with Gasteiger partial charge in [0.05, 0.1) is 17.2 Å². The number of fused-ring (bicyclic) bond motifs is 7. The van der Waals surface area contributed by atoms with Crippen LogP contribution in [0.1, 0.15) is 60.7 Å². The normalized spacial score (nSPS) is 26.8. The molecule has 1 N–H and O–H groups in total. The third kappa shape index (κ3) is 7.31. The van der Waals surface area contributed by atoms with Crippen LogP contribution in [0, 0.1) is 5.92 Å². The SMILES string of the molecule is CC(=O)OC1C2OCCCCC(C(CSCCN3C(=O)c4ccccc4C3=O)O2)C1OC(C)=O.CCO. The molecule has 10 nitrogen and oxygen atoms in total. The Morgan fingerprint density at radius 3 is 2.24 bits per heavy atom. The van der Waals surface area contributed by atoms with Crippen LogP contribution >= 0.6 is 11.8 Å². The van der Waals surface area contributed by atoms with Crippen LogP contribution in [0.15, 0.2) is 24.3 Å². The number of amides is 2. The molecule has 0 aromatic heterocycles. The molecule has 4 aliphatic rings. The van der Waals surface area contributed by atoms with E-state index in [2.05, 4.69) is 0 Å². The van der Waals surface area contributed by atoms with Gasteiger partial charge in [0.25, 0.3) is 11.8 Å². The lowest BCUT2D eigenvalue weighted by atomic mass is 9.85. The number of nitrogens with zero attached hydrogens (tertiary/aromatic N) is 1. The molecule has 5 atom stereocenters. The van der Waals surface area contributed by atoms with Gasteiger partial charge < -0.3 is 24.1 Å². The van der Waals surface area contributed by atoms with E-state index >= 15 is 0 Å². The van der Waals surface area contributed by atoms with Crippen molar-refractivity contribution in [2.45, 2.75) is 64.6 Å². The first-order valence-corrected chi connectivity index (χ1v) is 13.7. The minimum absolute atomic E-state index is 0.169. The molecule has 2 amide bonds. The van der Waals surface area contributed by atoms with Crippen LogP contribution in [0.2, 0.25) is 0 Å². The summed E-state index contributed by atoms with van der Waals surface area (Å²) in [6.07, 6.45) is -0.202. The second kappa shape index (κ2) is 13.9.